The Bertz CT molecular complexity index is 752. The lowest BCUT2D eigenvalue weighted by molar-refractivity contribution is -0.141. The third-order valence-electron chi connectivity index (χ3n) is 6.74. The van der Waals surface area contributed by atoms with Crippen LogP contribution in [0.2, 0.25) is 5.02 Å². The first-order valence-electron chi connectivity index (χ1n) is 10.4. The maximum atomic E-state index is 13.0. The van der Waals surface area contributed by atoms with Crippen molar-refractivity contribution in [2.45, 2.75) is 51.6 Å². The van der Waals surface area contributed by atoms with Crippen molar-refractivity contribution in [1.29, 1.82) is 0 Å². The summed E-state index contributed by atoms with van der Waals surface area (Å²) in [6, 6.07) is 5.49. The average Bonchev–Trinajstić information content (AvgIpc) is 3.20. The quantitative estimate of drug-likeness (QED) is 0.772. The predicted octanol–water partition coefficient (Wildman–Crippen LogP) is 3.67. The van der Waals surface area contributed by atoms with Gasteiger partial charge in [-0.25, -0.2) is 0 Å². The van der Waals surface area contributed by atoms with E-state index >= 15 is 0 Å². The molecule has 1 atom stereocenters. The van der Waals surface area contributed by atoms with Crippen LogP contribution in [0.1, 0.15) is 54.4 Å². The number of amides is 2. The Kier molecular flexibility index (Phi) is 5.66. The van der Waals surface area contributed by atoms with Crippen molar-refractivity contribution < 1.29 is 14.3 Å². The Hall–Kier alpha value is -1.59. The van der Waals surface area contributed by atoms with Gasteiger partial charge >= 0.3 is 0 Å². The number of hydrogen-bond donors (Lipinski definition) is 0. The second kappa shape index (κ2) is 8.03. The van der Waals surface area contributed by atoms with Gasteiger partial charge in [0.05, 0.1) is 6.10 Å². The minimum absolute atomic E-state index is 0.0675. The molecule has 3 aliphatic rings. The molecule has 5 nitrogen and oxygen atoms in total. The van der Waals surface area contributed by atoms with Crippen LogP contribution in [0.4, 0.5) is 0 Å². The molecule has 1 aromatic carbocycles. The number of benzene rings is 1. The van der Waals surface area contributed by atoms with Gasteiger partial charge in [-0.2, -0.15) is 0 Å². The molecule has 0 aliphatic carbocycles. The second-order valence-electron chi connectivity index (χ2n) is 8.66. The summed E-state index contributed by atoms with van der Waals surface area (Å²) in [4.78, 5) is 29.4. The van der Waals surface area contributed by atoms with Crippen molar-refractivity contribution in [1.82, 2.24) is 9.80 Å². The molecule has 3 heterocycles. The number of piperidine rings is 2. The molecule has 3 fully saturated rings. The SMILES string of the molecule is Cc1ccc(Cl)cc1C(=O)N1CCC2(CCC(=O)N(C[C@H]3CCCO3)C2)CC1. The van der Waals surface area contributed by atoms with Crippen molar-refractivity contribution in [2.75, 3.05) is 32.8 Å². The molecule has 3 saturated heterocycles. The van der Waals surface area contributed by atoms with Crippen molar-refractivity contribution >= 4 is 23.4 Å². The Morgan fingerprint density at radius 2 is 2.07 bits per heavy atom. The lowest BCUT2D eigenvalue weighted by Gasteiger charge is -2.47. The molecule has 1 spiro atoms. The molecular weight excluding hydrogens is 376 g/mol. The number of ether oxygens (including phenoxy) is 1. The normalized spacial score (nSPS) is 24.8. The number of halogens is 1. The summed E-state index contributed by atoms with van der Waals surface area (Å²) < 4.78 is 5.74. The van der Waals surface area contributed by atoms with Gasteiger partial charge in [0.15, 0.2) is 0 Å². The van der Waals surface area contributed by atoms with Gasteiger partial charge in [-0.1, -0.05) is 17.7 Å². The smallest absolute Gasteiger partial charge is 0.254 e. The highest BCUT2D eigenvalue weighted by Gasteiger charge is 2.42. The van der Waals surface area contributed by atoms with E-state index in [1.165, 1.54) is 0 Å². The Balaban J connectivity index is 1.39. The van der Waals surface area contributed by atoms with Crippen molar-refractivity contribution in [3.05, 3.63) is 34.3 Å². The van der Waals surface area contributed by atoms with Crippen LogP contribution in [0.5, 0.6) is 0 Å². The first kappa shape index (κ1) is 19.7. The number of nitrogens with zero attached hydrogens (tertiary/aromatic N) is 2. The predicted molar refractivity (Wildman–Crippen MR) is 109 cm³/mol. The fourth-order valence-corrected chi connectivity index (χ4v) is 5.06. The lowest BCUT2D eigenvalue weighted by Crippen LogP contribution is -2.53. The van der Waals surface area contributed by atoms with Crippen LogP contribution in [-0.2, 0) is 9.53 Å². The highest BCUT2D eigenvalue weighted by atomic mass is 35.5. The van der Waals surface area contributed by atoms with Gasteiger partial charge in [0.1, 0.15) is 0 Å². The number of aryl methyl sites for hydroxylation is 1. The maximum absolute atomic E-state index is 13.0. The van der Waals surface area contributed by atoms with Gasteiger partial charge in [-0.15, -0.1) is 0 Å². The maximum Gasteiger partial charge on any atom is 0.254 e. The second-order valence-corrected chi connectivity index (χ2v) is 9.10. The zero-order valence-corrected chi connectivity index (χ0v) is 17.3. The van der Waals surface area contributed by atoms with Gasteiger partial charge in [0.25, 0.3) is 5.91 Å². The summed E-state index contributed by atoms with van der Waals surface area (Å²) in [5.74, 6) is 0.326. The minimum Gasteiger partial charge on any atom is -0.376 e. The van der Waals surface area contributed by atoms with E-state index in [9.17, 15) is 9.59 Å². The van der Waals surface area contributed by atoms with Crippen molar-refractivity contribution in [2.24, 2.45) is 5.41 Å². The van der Waals surface area contributed by atoms with Gasteiger partial charge < -0.3 is 14.5 Å². The van der Waals surface area contributed by atoms with E-state index in [0.29, 0.717) is 17.0 Å². The standard InChI is InChI=1S/C22H29ClN2O3/c1-16-4-5-17(23)13-19(16)21(27)24-10-8-22(9-11-24)7-6-20(26)25(15-22)14-18-3-2-12-28-18/h4-5,13,18H,2-3,6-12,14-15H2,1H3/t18-/m1/s1. The van der Waals surface area contributed by atoms with Crippen LogP contribution in [0.15, 0.2) is 18.2 Å². The summed E-state index contributed by atoms with van der Waals surface area (Å²) in [6.07, 6.45) is 5.81. The zero-order valence-electron chi connectivity index (χ0n) is 16.6. The molecule has 3 aliphatic heterocycles. The van der Waals surface area contributed by atoms with Crippen molar-refractivity contribution in [3.63, 3.8) is 0 Å². The monoisotopic (exact) mass is 404 g/mol. The minimum atomic E-state index is 0.0675. The molecule has 1 aromatic rings. The summed E-state index contributed by atoms with van der Waals surface area (Å²) in [5.41, 5.74) is 1.80. The van der Waals surface area contributed by atoms with Crippen LogP contribution >= 0.6 is 11.6 Å². The van der Waals surface area contributed by atoms with Crippen LogP contribution in [0, 0.1) is 12.3 Å². The third kappa shape index (κ3) is 4.06. The van der Waals surface area contributed by atoms with E-state index in [4.69, 9.17) is 16.3 Å². The highest BCUT2D eigenvalue weighted by Crippen LogP contribution is 2.41. The molecule has 0 saturated carbocycles. The molecule has 0 radical (unpaired) electrons. The number of carbonyl (C=O) groups excluding carboxylic acids is 2. The average molecular weight is 405 g/mol. The summed E-state index contributed by atoms with van der Waals surface area (Å²) in [7, 11) is 0. The van der Waals surface area contributed by atoms with E-state index in [1.54, 1.807) is 6.07 Å². The third-order valence-corrected chi connectivity index (χ3v) is 6.97. The molecule has 28 heavy (non-hydrogen) atoms. The molecule has 152 valence electrons. The fraction of sp³-hybridized carbons (Fsp3) is 0.636. The molecule has 4 rings (SSSR count). The van der Waals surface area contributed by atoms with Crippen molar-refractivity contribution in [3.8, 4) is 0 Å². The van der Waals surface area contributed by atoms with E-state index in [-0.39, 0.29) is 23.3 Å². The molecule has 2 amide bonds. The molecule has 0 aromatic heterocycles. The summed E-state index contributed by atoms with van der Waals surface area (Å²) in [6.45, 7) is 5.79. The number of carbonyl (C=O) groups is 2. The Morgan fingerprint density at radius 1 is 1.29 bits per heavy atom. The van der Waals surface area contributed by atoms with Gasteiger partial charge in [0.2, 0.25) is 5.91 Å². The van der Waals surface area contributed by atoms with E-state index in [2.05, 4.69) is 0 Å². The number of rotatable bonds is 3. The van der Waals surface area contributed by atoms with E-state index in [0.717, 1.165) is 70.5 Å². The highest BCUT2D eigenvalue weighted by molar-refractivity contribution is 6.31. The topological polar surface area (TPSA) is 49.9 Å². The van der Waals surface area contributed by atoms with Gasteiger partial charge in [-0.3, -0.25) is 9.59 Å². The molecule has 0 N–H and O–H groups in total. The van der Waals surface area contributed by atoms with Gasteiger partial charge in [-0.05, 0) is 62.1 Å². The first-order valence-corrected chi connectivity index (χ1v) is 10.8. The molecule has 6 heteroatoms. The van der Waals surface area contributed by atoms with Crippen LogP contribution in [0.3, 0.4) is 0 Å². The molecular formula is C22H29ClN2O3. The zero-order chi connectivity index (χ0) is 19.7. The lowest BCUT2D eigenvalue weighted by atomic mass is 9.72. The number of hydrogen-bond acceptors (Lipinski definition) is 3. The fourth-order valence-electron chi connectivity index (χ4n) is 4.89. The first-order chi connectivity index (χ1) is 13.5. The van der Waals surface area contributed by atoms with E-state index in [1.807, 2.05) is 28.9 Å². The number of likely N-dealkylation sites (tertiary alicyclic amines) is 2. The summed E-state index contributed by atoms with van der Waals surface area (Å²) in [5, 5.41) is 0.595. The Labute approximate surface area is 172 Å². The largest absolute Gasteiger partial charge is 0.376 e. The molecule has 0 bridgehead atoms. The van der Waals surface area contributed by atoms with Crippen LogP contribution in [-0.4, -0.2) is 60.5 Å². The Morgan fingerprint density at radius 3 is 2.79 bits per heavy atom. The van der Waals surface area contributed by atoms with E-state index < -0.39 is 0 Å². The summed E-state index contributed by atoms with van der Waals surface area (Å²) >= 11 is 6.10. The van der Waals surface area contributed by atoms with Crippen LogP contribution in [0.25, 0.3) is 0 Å². The molecule has 0 unspecified atom stereocenters. The van der Waals surface area contributed by atoms with Gasteiger partial charge in [0, 0.05) is 49.8 Å². The van der Waals surface area contributed by atoms with Crippen LogP contribution < -0.4 is 0 Å².